The van der Waals surface area contributed by atoms with Gasteiger partial charge in [0.25, 0.3) is 0 Å². The van der Waals surface area contributed by atoms with Crippen LogP contribution in [0, 0.1) is 5.82 Å². The smallest absolute Gasteiger partial charge is 0.190 e. The lowest BCUT2D eigenvalue weighted by Gasteiger charge is -2.00. The van der Waals surface area contributed by atoms with Gasteiger partial charge in [0, 0.05) is 17.0 Å². The number of nitrogens with zero attached hydrogens (tertiary/aromatic N) is 5. The van der Waals surface area contributed by atoms with Crippen LogP contribution >= 0.6 is 0 Å². The number of hydrogen-bond acceptors (Lipinski definition) is 4. The maximum atomic E-state index is 13.5. The van der Waals surface area contributed by atoms with Gasteiger partial charge in [-0.15, -0.1) is 10.2 Å². The topological polar surface area (TPSA) is 71.8 Å². The van der Waals surface area contributed by atoms with E-state index in [1.165, 1.54) is 25.0 Å². The Labute approximate surface area is 124 Å². The van der Waals surface area contributed by atoms with E-state index in [0.29, 0.717) is 28.3 Å². The molecule has 5 rings (SSSR count). The highest BCUT2D eigenvalue weighted by atomic mass is 19.1. The first-order valence-corrected chi connectivity index (χ1v) is 7.14. The van der Waals surface area contributed by atoms with Gasteiger partial charge in [-0.05, 0) is 37.1 Å². The number of hydrogen-bond donors (Lipinski definition) is 1. The summed E-state index contributed by atoms with van der Waals surface area (Å²) < 4.78 is 15.2. The molecule has 0 radical (unpaired) electrons. The van der Waals surface area contributed by atoms with Crippen molar-refractivity contribution in [3.8, 4) is 11.5 Å². The normalized spacial score (nSPS) is 15.0. The monoisotopic (exact) mass is 294 g/mol. The van der Waals surface area contributed by atoms with Crippen LogP contribution in [0.5, 0.6) is 0 Å². The van der Waals surface area contributed by atoms with Crippen LogP contribution in [-0.2, 0) is 0 Å². The third kappa shape index (κ3) is 1.65. The fourth-order valence-corrected chi connectivity index (χ4v) is 2.73. The second-order valence-electron chi connectivity index (χ2n) is 5.61. The van der Waals surface area contributed by atoms with Crippen LogP contribution < -0.4 is 0 Å². The molecule has 0 bridgehead atoms. The summed E-state index contributed by atoms with van der Waals surface area (Å²) in [5.74, 6) is 0.882. The Balaban J connectivity index is 1.73. The maximum absolute atomic E-state index is 13.5. The van der Waals surface area contributed by atoms with Crippen molar-refractivity contribution >= 4 is 16.6 Å². The van der Waals surface area contributed by atoms with Gasteiger partial charge in [-0.2, -0.15) is 5.10 Å². The fraction of sp³-hybridized carbons (Fsp3) is 0.200. The summed E-state index contributed by atoms with van der Waals surface area (Å²) >= 11 is 0. The zero-order chi connectivity index (χ0) is 14.7. The minimum absolute atomic E-state index is 0.317. The molecule has 1 aliphatic rings. The summed E-state index contributed by atoms with van der Waals surface area (Å²) in [4.78, 5) is 4.34. The molecule has 6 nitrogen and oxygen atoms in total. The number of aromatic nitrogens is 6. The van der Waals surface area contributed by atoms with E-state index in [-0.39, 0.29) is 5.82 Å². The molecule has 7 heteroatoms. The third-order valence-electron chi connectivity index (χ3n) is 4.05. The zero-order valence-electron chi connectivity index (χ0n) is 11.5. The van der Waals surface area contributed by atoms with Gasteiger partial charge in [0.15, 0.2) is 11.5 Å². The quantitative estimate of drug-likeness (QED) is 0.617. The molecule has 1 fully saturated rings. The van der Waals surface area contributed by atoms with Crippen molar-refractivity contribution in [3.05, 3.63) is 42.1 Å². The van der Waals surface area contributed by atoms with Crippen LogP contribution in [0.15, 0.2) is 30.6 Å². The number of aromatic amines is 1. The predicted octanol–water partition coefficient (Wildman–Crippen LogP) is 2.68. The van der Waals surface area contributed by atoms with E-state index < -0.39 is 0 Å². The van der Waals surface area contributed by atoms with Crippen molar-refractivity contribution in [2.75, 3.05) is 0 Å². The average Bonchev–Trinajstić information content (AvgIpc) is 3.10. The maximum Gasteiger partial charge on any atom is 0.190 e. The molecule has 0 saturated heterocycles. The van der Waals surface area contributed by atoms with Gasteiger partial charge in [0.1, 0.15) is 17.8 Å². The van der Waals surface area contributed by atoms with E-state index in [1.54, 1.807) is 16.8 Å². The highest BCUT2D eigenvalue weighted by Gasteiger charge is 2.26. The van der Waals surface area contributed by atoms with Crippen molar-refractivity contribution in [2.24, 2.45) is 0 Å². The lowest BCUT2D eigenvalue weighted by Crippen LogP contribution is -1.93. The molecule has 3 aromatic heterocycles. The van der Waals surface area contributed by atoms with E-state index in [9.17, 15) is 4.39 Å². The minimum atomic E-state index is -0.317. The number of benzene rings is 1. The molecule has 1 aliphatic carbocycles. The molecule has 108 valence electrons. The zero-order valence-corrected chi connectivity index (χ0v) is 11.5. The lowest BCUT2D eigenvalue weighted by molar-refractivity contribution is 0.629. The second kappa shape index (κ2) is 4.09. The summed E-state index contributed by atoms with van der Waals surface area (Å²) in [7, 11) is 0. The largest absolute Gasteiger partial charge is 0.282 e. The van der Waals surface area contributed by atoms with E-state index in [1.807, 2.05) is 6.07 Å². The first-order valence-electron chi connectivity index (χ1n) is 7.14. The second-order valence-corrected chi connectivity index (χ2v) is 5.61. The van der Waals surface area contributed by atoms with Crippen LogP contribution in [0.4, 0.5) is 4.39 Å². The van der Waals surface area contributed by atoms with Crippen LogP contribution in [0.1, 0.15) is 24.5 Å². The number of fused-ring (bicyclic) bond motifs is 3. The summed E-state index contributed by atoms with van der Waals surface area (Å²) in [6, 6.07) is 6.46. The van der Waals surface area contributed by atoms with Gasteiger partial charge < -0.3 is 0 Å². The van der Waals surface area contributed by atoms with Gasteiger partial charge in [-0.25, -0.2) is 9.37 Å². The van der Waals surface area contributed by atoms with E-state index in [0.717, 1.165) is 11.4 Å². The Morgan fingerprint density at radius 3 is 2.95 bits per heavy atom. The van der Waals surface area contributed by atoms with Crippen molar-refractivity contribution < 1.29 is 4.39 Å². The molecule has 0 atom stereocenters. The molecule has 1 aromatic carbocycles. The Hall–Kier alpha value is -2.83. The van der Waals surface area contributed by atoms with Crippen molar-refractivity contribution in [3.63, 3.8) is 0 Å². The minimum Gasteiger partial charge on any atom is -0.282 e. The number of nitrogens with one attached hydrogen (secondary N) is 1. The average molecular weight is 294 g/mol. The molecule has 0 amide bonds. The van der Waals surface area contributed by atoms with Gasteiger partial charge in [0.2, 0.25) is 0 Å². The van der Waals surface area contributed by atoms with Gasteiger partial charge in [-0.1, -0.05) is 0 Å². The standard InChI is InChI=1S/C15H11FN6/c16-9-3-4-11-10(5-9)14-20-21-15(22(14)7-17-11)13-6-12(18-19-13)8-1-2-8/h3-8H,1-2H2,(H,18,19). The summed E-state index contributed by atoms with van der Waals surface area (Å²) in [5.41, 5.74) is 3.13. The Kier molecular flexibility index (Phi) is 2.19. The van der Waals surface area contributed by atoms with Crippen molar-refractivity contribution in [2.45, 2.75) is 18.8 Å². The van der Waals surface area contributed by atoms with E-state index in [2.05, 4.69) is 25.4 Å². The number of H-pyrrole nitrogens is 1. The highest BCUT2D eigenvalue weighted by molar-refractivity contribution is 5.91. The van der Waals surface area contributed by atoms with Gasteiger partial charge in [-0.3, -0.25) is 9.50 Å². The molecule has 1 N–H and O–H groups in total. The SMILES string of the molecule is Fc1ccc2ncn3c(-c4cc(C5CC5)[nH]n4)nnc3c2c1. The van der Waals surface area contributed by atoms with Crippen LogP contribution in [0.3, 0.4) is 0 Å². The number of halogens is 1. The molecule has 0 spiro atoms. The Bertz CT molecular complexity index is 1010. The van der Waals surface area contributed by atoms with Crippen LogP contribution in [0.25, 0.3) is 28.1 Å². The lowest BCUT2D eigenvalue weighted by atomic mass is 10.2. The first kappa shape index (κ1) is 11.8. The summed E-state index contributed by atoms with van der Waals surface area (Å²) in [6.45, 7) is 0. The molecule has 22 heavy (non-hydrogen) atoms. The third-order valence-corrected chi connectivity index (χ3v) is 4.05. The molecule has 3 heterocycles. The summed E-state index contributed by atoms with van der Waals surface area (Å²) in [5, 5.41) is 16.4. The first-order chi connectivity index (χ1) is 10.8. The van der Waals surface area contributed by atoms with Gasteiger partial charge in [0.05, 0.1) is 5.52 Å². The number of rotatable bonds is 2. The molecular weight excluding hydrogens is 283 g/mol. The van der Waals surface area contributed by atoms with Crippen LogP contribution in [0.2, 0.25) is 0 Å². The molecule has 0 aliphatic heterocycles. The predicted molar refractivity (Wildman–Crippen MR) is 77.8 cm³/mol. The molecular formula is C15H11FN6. The van der Waals surface area contributed by atoms with Crippen molar-refractivity contribution in [1.82, 2.24) is 29.8 Å². The molecule has 1 saturated carbocycles. The highest BCUT2D eigenvalue weighted by Crippen LogP contribution is 2.39. The van der Waals surface area contributed by atoms with E-state index in [4.69, 9.17) is 0 Å². The molecule has 0 unspecified atom stereocenters. The van der Waals surface area contributed by atoms with Gasteiger partial charge >= 0.3 is 0 Å². The fourth-order valence-electron chi connectivity index (χ4n) is 2.73. The van der Waals surface area contributed by atoms with Crippen molar-refractivity contribution in [1.29, 1.82) is 0 Å². The summed E-state index contributed by atoms with van der Waals surface area (Å²) in [6.07, 6.45) is 4.05. The van der Waals surface area contributed by atoms with E-state index >= 15 is 0 Å². The van der Waals surface area contributed by atoms with Crippen LogP contribution in [-0.4, -0.2) is 29.8 Å². The molecule has 4 aromatic rings. The Morgan fingerprint density at radius 2 is 2.09 bits per heavy atom. The Morgan fingerprint density at radius 1 is 1.18 bits per heavy atom.